The van der Waals surface area contributed by atoms with E-state index in [-0.39, 0.29) is 63.7 Å². The summed E-state index contributed by atoms with van der Waals surface area (Å²) in [6.45, 7) is 0. The van der Waals surface area contributed by atoms with Gasteiger partial charge < -0.3 is 0 Å². The molecular formula is H3CuFeMnNaO4. The van der Waals surface area contributed by atoms with Crippen LogP contribution in [0.15, 0.2) is 0 Å². The fourth-order valence-electron chi connectivity index (χ4n) is 0. The van der Waals surface area contributed by atoms with Crippen LogP contribution < -0.4 is 0 Å². The Morgan fingerprint density at radius 2 is 1.12 bits per heavy atom. The van der Waals surface area contributed by atoms with Gasteiger partial charge in [0.2, 0.25) is 0 Å². The van der Waals surface area contributed by atoms with Gasteiger partial charge in [0.1, 0.15) is 0 Å². The number of rotatable bonds is 0. The molecule has 0 aromatic heterocycles. The molecule has 0 aliphatic carbocycles. The van der Waals surface area contributed by atoms with E-state index in [1.54, 1.807) is 0 Å². The first-order valence-corrected chi connectivity index (χ1v) is 2.67. The Labute approximate surface area is 91.9 Å². The average molecular weight is 264 g/mol. The van der Waals surface area contributed by atoms with Crippen molar-refractivity contribution in [2.75, 3.05) is 0 Å². The molecule has 0 saturated carbocycles. The van der Waals surface area contributed by atoms with Crippen molar-refractivity contribution >= 4 is 29.6 Å². The van der Waals surface area contributed by atoms with Gasteiger partial charge in [0.25, 0.3) is 0 Å². The SMILES string of the molecule is [Cu].[Fe].[NaH].[O]=[Mn](=[O])([OH])[OH]. The molecule has 0 saturated heterocycles. The summed E-state index contributed by atoms with van der Waals surface area (Å²) in [5.41, 5.74) is 0. The molecule has 0 aromatic carbocycles. The summed E-state index contributed by atoms with van der Waals surface area (Å²) >= 11 is -5.12. The first-order chi connectivity index (χ1) is 2.00. The summed E-state index contributed by atoms with van der Waals surface area (Å²) in [6.07, 6.45) is 0. The summed E-state index contributed by atoms with van der Waals surface area (Å²) in [4.78, 5) is 0. The molecule has 54 valence electrons. The van der Waals surface area contributed by atoms with Gasteiger partial charge in [-0.3, -0.25) is 0 Å². The molecular weight excluding hydrogens is 261 g/mol. The van der Waals surface area contributed by atoms with Crippen molar-refractivity contribution in [3.8, 4) is 0 Å². The van der Waals surface area contributed by atoms with Crippen molar-refractivity contribution in [3.05, 3.63) is 0 Å². The van der Waals surface area contributed by atoms with Crippen molar-refractivity contribution in [2.45, 2.75) is 0 Å². The van der Waals surface area contributed by atoms with Gasteiger partial charge in [-0.2, -0.15) is 0 Å². The second-order valence-corrected chi connectivity index (χ2v) is 1.71. The molecule has 0 aliphatic rings. The Kier molecular flexibility index (Phi) is 25.5. The number of hydrogen-bond donors (Lipinski definition) is 2. The van der Waals surface area contributed by atoms with Gasteiger partial charge in [-0.1, -0.05) is 0 Å². The molecule has 0 rings (SSSR count). The predicted molar refractivity (Wildman–Crippen MR) is 13.0 cm³/mol. The van der Waals surface area contributed by atoms with Gasteiger partial charge in [0, 0.05) is 34.1 Å². The minimum atomic E-state index is -5.12. The Morgan fingerprint density at radius 1 is 1.12 bits per heavy atom. The fourth-order valence-corrected chi connectivity index (χ4v) is 0. The molecule has 0 amide bonds. The summed E-state index contributed by atoms with van der Waals surface area (Å²) in [6, 6.07) is 0. The predicted octanol–water partition coefficient (Wildman–Crippen LogP) is -2.01. The molecule has 0 atom stereocenters. The maximum atomic E-state index is 8.80. The third kappa shape index (κ3) is 93.7. The van der Waals surface area contributed by atoms with Crippen LogP contribution in [0.1, 0.15) is 0 Å². The standard InChI is InChI=1S/Cu.Fe.Mn.Na.2H2O.2O.H/h;;;;2*1H2;;;/q;;+2;;;;;;/p-2. The summed E-state index contributed by atoms with van der Waals surface area (Å²) in [5.74, 6) is 0. The van der Waals surface area contributed by atoms with Gasteiger partial charge in [-0.15, -0.1) is 0 Å². The van der Waals surface area contributed by atoms with Crippen molar-refractivity contribution < 1.29 is 63.6 Å². The Morgan fingerprint density at radius 3 is 1.12 bits per heavy atom. The molecule has 0 aliphatic heterocycles. The Bertz CT molecular complexity index is 99.2. The van der Waals surface area contributed by atoms with Crippen LogP contribution in [-0.4, -0.2) is 37.9 Å². The normalized spacial score (nSPS) is 7.25. The van der Waals surface area contributed by atoms with Crippen LogP contribution in [0.25, 0.3) is 0 Å². The van der Waals surface area contributed by atoms with Crippen molar-refractivity contribution in [1.29, 1.82) is 0 Å². The molecule has 0 unspecified atom stereocenters. The molecule has 0 aromatic rings. The molecule has 8 heteroatoms. The van der Waals surface area contributed by atoms with E-state index in [0.717, 1.165) is 0 Å². The molecule has 0 fully saturated rings. The zero-order valence-electron chi connectivity index (χ0n) is 2.74. The van der Waals surface area contributed by atoms with E-state index in [0.29, 0.717) is 0 Å². The molecule has 0 bridgehead atoms. The Hall–Kier alpha value is 2.08. The van der Waals surface area contributed by atoms with E-state index in [9.17, 15) is 0 Å². The van der Waals surface area contributed by atoms with Crippen LogP contribution in [0.2, 0.25) is 0 Å². The van der Waals surface area contributed by atoms with Crippen molar-refractivity contribution in [3.63, 3.8) is 0 Å². The quantitative estimate of drug-likeness (QED) is 0.496. The van der Waals surface area contributed by atoms with Gasteiger partial charge in [0.05, 0.1) is 0 Å². The molecule has 0 heterocycles. The minimum absolute atomic E-state index is 0. The Balaban J connectivity index is -0.0000000267. The van der Waals surface area contributed by atoms with Crippen molar-refractivity contribution in [2.24, 2.45) is 0 Å². The van der Waals surface area contributed by atoms with E-state index >= 15 is 0 Å². The second kappa shape index (κ2) is 9.08. The molecule has 1 radical (unpaired) electrons. The van der Waals surface area contributed by atoms with Crippen LogP contribution in [0.3, 0.4) is 0 Å². The van der Waals surface area contributed by atoms with Gasteiger partial charge in [-0.25, -0.2) is 0 Å². The average Bonchev–Trinajstić information content (AvgIpc) is 0.722. The van der Waals surface area contributed by atoms with E-state index in [1.165, 1.54) is 0 Å². The molecule has 8 heavy (non-hydrogen) atoms. The topological polar surface area (TPSA) is 74.6 Å². The van der Waals surface area contributed by atoms with Gasteiger partial charge in [0.15, 0.2) is 0 Å². The summed E-state index contributed by atoms with van der Waals surface area (Å²) in [7, 11) is 0. The molecule has 2 N–H and O–H groups in total. The van der Waals surface area contributed by atoms with Crippen molar-refractivity contribution in [1.82, 2.24) is 0 Å². The van der Waals surface area contributed by atoms with Crippen LogP contribution >= 0.6 is 0 Å². The number of hydrogen-bond acceptors (Lipinski definition) is 2. The van der Waals surface area contributed by atoms with Crippen LogP contribution in [-0.2, 0) is 55.2 Å². The van der Waals surface area contributed by atoms with E-state index < -0.39 is 13.4 Å². The summed E-state index contributed by atoms with van der Waals surface area (Å²) in [5, 5.41) is 0. The van der Waals surface area contributed by atoms with E-state index in [1.807, 2.05) is 0 Å². The van der Waals surface area contributed by atoms with Crippen LogP contribution in [0.4, 0.5) is 0 Å². The molecule has 0 spiro atoms. The first kappa shape index (κ1) is 22.5. The molecule has 4 nitrogen and oxygen atoms in total. The van der Waals surface area contributed by atoms with Gasteiger partial charge in [-0.05, 0) is 0 Å². The van der Waals surface area contributed by atoms with E-state index in [4.69, 9.17) is 16.0 Å². The summed E-state index contributed by atoms with van der Waals surface area (Å²) < 4.78 is 31.8. The van der Waals surface area contributed by atoms with Crippen LogP contribution in [0, 0.1) is 0 Å². The zero-order chi connectivity index (χ0) is 4.50. The third-order valence-corrected chi connectivity index (χ3v) is 0. The van der Waals surface area contributed by atoms with E-state index in [2.05, 4.69) is 0 Å². The van der Waals surface area contributed by atoms with Crippen LogP contribution in [0.5, 0.6) is 0 Å². The first-order valence-electron chi connectivity index (χ1n) is 0.647. The fraction of sp³-hybridized carbons (Fsp3) is 0. The maximum absolute atomic E-state index is 8.80. The third-order valence-electron chi connectivity index (χ3n) is 0. The zero-order valence-corrected chi connectivity index (χ0v) is 5.97. The monoisotopic (exact) mass is 264 g/mol. The second-order valence-electron chi connectivity index (χ2n) is 0.415. The van der Waals surface area contributed by atoms with Gasteiger partial charge >= 0.3 is 59.0 Å².